The summed E-state index contributed by atoms with van der Waals surface area (Å²) in [6.45, 7) is 6.25. The smallest absolute Gasteiger partial charge is 0.137 e. The van der Waals surface area contributed by atoms with Crippen molar-refractivity contribution in [2.75, 3.05) is 6.26 Å². The molecule has 0 aliphatic heterocycles. The van der Waals surface area contributed by atoms with Gasteiger partial charge in [-0.05, 0) is 29.4 Å². The third-order valence-corrected chi connectivity index (χ3v) is 2.79. The first-order valence-corrected chi connectivity index (χ1v) is 5.51. The van der Waals surface area contributed by atoms with Gasteiger partial charge < -0.3 is 0 Å². The number of rotatable bonds is 1. The fourth-order valence-electron chi connectivity index (χ4n) is 1.13. The molecule has 1 aromatic carbocycles. The molecular weight excluding hydrogens is 183 g/mol. The van der Waals surface area contributed by atoms with Crippen LogP contribution in [0.2, 0.25) is 0 Å². The molecule has 0 radical (unpaired) electrons. The molecule has 0 amide bonds. The van der Waals surface area contributed by atoms with Gasteiger partial charge >= 0.3 is 0 Å². The molecule has 0 aromatic heterocycles. The molecule has 0 aliphatic carbocycles. The third-order valence-electron chi connectivity index (χ3n) is 2.02. The van der Waals surface area contributed by atoms with Gasteiger partial charge in [-0.1, -0.05) is 26.8 Å². The highest BCUT2D eigenvalue weighted by Crippen LogP contribution is 2.27. The molecule has 1 aromatic rings. The Morgan fingerprint density at radius 3 is 2.23 bits per heavy atom. The van der Waals surface area contributed by atoms with Crippen molar-refractivity contribution in [1.29, 1.82) is 0 Å². The second kappa shape index (κ2) is 3.70. The third kappa shape index (κ3) is 2.47. The minimum atomic E-state index is -0.111. The molecule has 2 heteroatoms. The van der Waals surface area contributed by atoms with E-state index in [2.05, 4.69) is 20.8 Å². The molecule has 0 bridgehead atoms. The average molecular weight is 198 g/mol. The maximum absolute atomic E-state index is 13.4. The Morgan fingerprint density at radius 2 is 1.85 bits per heavy atom. The van der Waals surface area contributed by atoms with Crippen molar-refractivity contribution in [3.63, 3.8) is 0 Å². The first kappa shape index (κ1) is 10.6. The van der Waals surface area contributed by atoms with Crippen molar-refractivity contribution >= 4 is 11.8 Å². The van der Waals surface area contributed by atoms with Gasteiger partial charge in [-0.3, -0.25) is 0 Å². The molecule has 0 aliphatic rings. The van der Waals surface area contributed by atoms with Crippen LogP contribution in [0.5, 0.6) is 0 Å². The largest absolute Gasteiger partial charge is 0.206 e. The molecule has 1 rings (SSSR count). The minimum Gasteiger partial charge on any atom is -0.206 e. The summed E-state index contributed by atoms with van der Waals surface area (Å²) < 4.78 is 13.4. The van der Waals surface area contributed by atoms with Gasteiger partial charge in [0, 0.05) is 4.90 Å². The maximum Gasteiger partial charge on any atom is 0.137 e. The number of thioether (sulfide) groups is 1. The number of hydrogen-bond donors (Lipinski definition) is 0. The molecule has 13 heavy (non-hydrogen) atoms. The predicted molar refractivity (Wildman–Crippen MR) is 56.9 cm³/mol. The zero-order valence-corrected chi connectivity index (χ0v) is 9.33. The van der Waals surface area contributed by atoms with Crippen LogP contribution in [-0.4, -0.2) is 6.26 Å². The van der Waals surface area contributed by atoms with Gasteiger partial charge in [-0.25, -0.2) is 4.39 Å². The number of hydrogen-bond acceptors (Lipinski definition) is 1. The lowest BCUT2D eigenvalue weighted by Gasteiger charge is -2.19. The van der Waals surface area contributed by atoms with Gasteiger partial charge in [-0.2, -0.15) is 0 Å². The van der Waals surface area contributed by atoms with Gasteiger partial charge in [-0.15, -0.1) is 11.8 Å². The maximum atomic E-state index is 13.4. The van der Waals surface area contributed by atoms with Gasteiger partial charge in [0.15, 0.2) is 0 Å². The molecule has 72 valence electrons. The van der Waals surface area contributed by atoms with E-state index in [0.717, 1.165) is 5.56 Å². The van der Waals surface area contributed by atoms with Gasteiger partial charge in [0.25, 0.3) is 0 Å². The highest BCUT2D eigenvalue weighted by molar-refractivity contribution is 7.98. The van der Waals surface area contributed by atoms with Crippen LogP contribution in [-0.2, 0) is 5.41 Å². The fourth-order valence-corrected chi connectivity index (χ4v) is 1.59. The minimum absolute atomic E-state index is 0.0256. The normalized spacial score (nSPS) is 11.8. The highest BCUT2D eigenvalue weighted by atomic mass is 32.2. The van der Waals surface area contributed by atoms with Gasteiger partial charge in [0.1, 0.15) is 5.82 Å². The second-order valence-electron chi connectivity index (χ2n) is 4.10. The number of benzene rings is 1. The van der Waals surface area contributed by atoms with Crippen LogP contribution in [0.3, 0.4) is 0 Å². The fraction of sp³-hybridized carbons (Fsp3) is 0.455. The molecule has 0 N–H and O–H groups in total. The quantitative estimate of drug-likeness (QED) is 0.618. The van der Waals surface area contributed by atoms with Crippen molar-refractivity contribution < 1.29 is 4.39 Å². The lowest BCUT2D eigenvalue weighted by Crippen LogP contribution is -2.11. The van der Waals surface area contributed by atoms with E-state index >= 15 is 0 Å². The summed E-state index contributed by atoms with van der Waals surface area (Å²) in [6, 6.07) is 5.47. The van der Waals surface area contributed by atoms with Gasteiger partial charge in [0.2, 0.25) is 0 Å². The Hall–Kier alpha value is -0.500. The Balaban J connectivity index is 3.10. The highest BCUT2D eigenvalue weighted by Gasteiger charge is 2.15. The first-order valence-electron chi connectivity index (χ1n) is 4.29. The Kier molecular flexibility index (Phi) is 3.01. The van der Waals surface area contributed by atoms with Crippen LogP contribution >= 0.6 is 11.8 Å². The van der Waals surface area contributed by atoms with Crippen molar-refractivity contribution in [1.82, 2.24) is 0 Å². The molecule has 0 fully saturated rings. The summed E-state index contributed by atoms with van der Waals surface area (Å²) in [5.74, 6) is -0.111. The molecule has 0 unspecified atom stereocenters. The standard InChI is InChI=1S/C11H15FS/c1-11(2,3)8-5-6-10(13-4)9(12)7-8/h5-7H,1-4H3. The summed E-state index contributed by atoms with van der Waals surface area (Å²) in [5, 5.41) is 0. The zero-order chi connectivity index (χ0) is 10.1. The Morgan fingerprint density at radius 1 is 1.23 bits per heavy atom. The number of halogens is 1. The Bertz CT molecular complexity index is 299. The van der Waals surface area contributed by atoms with Crippen LogP contribution in [0.15, 0.2) is 23.1 Å². The zero-order valence-electron chi connectivity index (χ0n) is 8.52. The molecule has 0 saturated heterocycles. The van der Waals surface area contributed by atoms with Crippen molar-refractivity contribution in [3.8, 4) is 0 Å². The molecule has 0 heterocycles. The molecule has 0 nitrogen and oxygen atoms in total. The summed E-state index contributed by atoms with van der Waals surface area (Å²) >= 11 is 1.44. The molecule has 0 atom stereocenters. The average Bonchev–Trinajstić information content (AvgIpc) is 2.02. The van der Waals surface area contributed by atoms with E-state index in [0.29, 0.717) is 4.90 Å². The van der Waals surface area contributed by atoms with Gasteiger partial charge in [0.05, 0.1) is 0 Å². The van der Waals surface area contributed by atoms with E-state index in [1.165, 1.54) is 11.8 Å². The lowest BCUT2D eigenvalue weighted by molar-refractivity contribution is 0.562. The topological polar surface area (TPSA) is 0 Å². The summed E-state index contributed by atoms with van der Waals surface area (Å²) in [5.41, 5.74) is 1.07. The van der Waals surface area contributed by atoms with Crippen molar-refractivity contribution in [2.24, 2.45) is 0 Å². The SMILES string of the molecule is CSc1ccc(C(C)(C)C)cc1F. The van der Waals surface area contributed by atoms with Crippen LogP contribution in [0.1, 0.15) is 26.3 Å². The first-order chi connectivity index (χ1) is 5.95. The van der Waals surface area contributed by atoms with Crippen LogP contribution in [0.25, 0.3) is 0 Å². The Labute approximate surface area is 83.5 Å². The van der Waals surface area contributed by atoms with E-state index in [9.17, 15) is 4.39 Å². The van der Waals surface area contributed by atoms with Crippen molar-refractivity contribution in [3.05, 3.63) is 29.6 Å². The van der Waals surface area contributed by atoms with E-state index in [1.807, 2.05) is 18.4 Å². The van der Waals surface area contributed by atoms with Crippen LogP contribution in [0, 0.1) is 5.82 Å². The predicted octanol–water partition coefficient (Wildman–Crippen LogP) is 3.85. The summed E-state index contributed by atoms with van der Waals surface area (Å²) in [7, 11) is 0. The lowest BCUT2D eigenvalue weighted by atomic mass is 9.87. The molecular formula is C11H15FS. The van der Waals surface area contributed by atoms with Crippen molar-refractivity contribution in [2.45, 2.75) is 31.1 Å². The molecule has 0 saturated carbocycles. The van der Waals surface area contributed by atoms with E-state index in [4.69, 9.17) is 0 Å². The van der Waals surface area contributed by atoms with E-state index in [-0.39, 0.29) is 11.2 Å². The van der Waals surface area contributed by atoms with E-state index < -0.39 is 0 Å². The second-order valence-corrected chi connectivity index (χ2v) is 4.95. The molecule has 0 spiro atoms. The van der Waals surface area contributed by atoms with Crippen LogP contribution in [0.4, 0.5) is 4.39 Å². The monoisotopic (exact) mass is 198 g/mol. The van der Waals surface area contributed by atoms with E-state index in [1.54, 1.807) is 6.07 Å². The summed E-state index contributed by atoms with van der Waals surface area (Å²) in [6.07, 6.45) is 1.88. The summed E-state index contributed by atoms with van der Waals surface area (Å²) in [4.78, 5) is 0.716. The van der Waals surface area contributed by atoms with Crippen LogP contribution < -0.4 is 0 Å².